The summed E-state index contributed by atoms with van der Waals surface area (Å²) in [7, 11) is -3.64. The lowest BCUT2D eigenvalue weighted by Crippen LogP contribution is -2.33. The zero-order valence-corrected chi connectivity index (χ0v) is 17.8. The van der Waals surface area contributed by atoms with E-state index in [4.69, 9.17) is 0 Å². The first-order valence-electron chi connectivity index (χ1n) is 9.71. The molecule has 0 aliphatic heterocycles. The number of nitrogens with one attached hydrogen (secondary N) is 3. The maximum Gasteiger partial charge on any atom is 0.319 e. The van der Waals surface area contributed by atoms with Gasteiger partial charge in [-0.2, -0.15) is 9.78 Å². The average Bonchev–Trinajstić information content (AvgIpc) is 3.39. The standard InChI is InChI=1S/C19H22N8O3S/c1-12-4-5-15(10-16(12)31(29,30)26-14-6-7-14)25-19(28)24-13(2)17-22-11-23-27(17)18-20-8-3-9-21-18/h3-5,8-11,13-14,26H,6-7H2,1-2H3,(H2,24,25,28). The van der Waals surface area contributed by atoms with E-state index in [-0.39, 0.29) is 10.9 Å². The molecule has 1 aliphatic rings. The number of benzene rings is 1. The van der Waals surface area contributed by atoms with Crippen molar-refractivity contribution in [2.45, 2.75) is 43.7 Å². The van der Waals surface area contributed by atoms with Crippen LogP contribution in [0.25, 0.3) is 5.95 Å². The van der Waals surface area contributed by atoms with Crippen LogP contribution in [0, 0.1) is 6.92 Å². The summed E-state index contributed by atoms with van der Waals surface area (Å²) < 4.78 is 29.2. The van der Waals surface area contributed by atoms with Gasteiger partial charge in [0, 0.05) is 24.1 Å². The van der Waals surface area contributed by atoms with Crippen molar-refractivity contribution in [1.82, 2.24) is 34.8 Å². The molecule has 0 radical (unpaired) electrons. The summed E-state index contributed by atoms with van der Waals surface area (Å²) in [4.78, 5) is 25.1. The average molecular weight is 443 g/mol. The van der Waals surface area contributed by atoms with Crippen LogP contribution in [0.4, 0.5) is 10.5 Å². The van der Waals surface area contributed by atoms with Gasteiger partial charge in [-0.15, -0.1) is 0 Å². The predicted molar refractivity (Wildman–Crippen MR) is 112 cm³/mol. The number of urea groups is 1. The highest BCUT2D eigenvalue weighted by Crippen LogP contribution is 2.25. The largest absolute Gasteiger partial charge is 0.328 e. The van der Waals surface area contributed by atoms with E-state index in [0.717, 1.165) is 12.8 Å². The minimum absolute atomic E-state index is 0.00360. The number of amides is 2. The van der Waals surface area contributed by atoms with Crippen LogP contribution in [0.1, 0.15) is 37.2 Å². The third-order valence-corrected chi connectivity index (χ3v) is 6.35. The van der Waals surface area contributed by atoms with Crippen molar-refractivity contribution in [2.75, 3.05) is 5.32 Å². The summed E-state index contributed by atoms with van der Waals surface area (Å²) >= 11 is 0. The fourth-order valence-corrected chi connectivity index (χ4v) is 4.56. The van der Waals surface area contributed by atoms with Crippen LogP contribution in [0.5, 0.6) is 0 Å². The molecule has 11 nitrogen and oxygen atoms in total. The fourth-order valence-electron chi connectivity index (χ4n) is 2.98. The number of aryl methyl sites for hydroxylation is 1. The molecular weight excluding hydrogens is 420 g/mol. The maximum atomic E-state index is 12.6. The Kier molecular flexibility index (Phi) is 5.65. The van der Waals surface area contributed by atoms with Gasteiger partial charge in [-0.25, -0.2) is 32.9 Å². The molecule has 1 saturated carbocycles. The number of anilines is 1. The molecule has 1 aliphatic carbocycles. The van der Waals surface area contributed by atoms with Gasteiger partial charge in [0.1, 0.15) is 6.33 Å². The zero-order chi connectivity index (χ0) is 22.0. The molecule has 1 fully saturated rings. The smallest absolute Gasteiger partial charge is 0.319 e. The van der Waals surface area contributed by atoms with Crippen molar-refractivity contribution in [1.29, 1.82) is 0 Å². The summed E-state index contributed by atoms with van der Waals surface area (Å²) in [5, 5.41) is 9.54. The van der Waals surface area contributed by atoms with Crippen LogP contribution in [0.3, 0.4) is 0 Å². The summed E-state index contributed by atoms with van der Waals surface area (Å²) in [6.45, 7) is 3.46. The molecule has 162 valence electrons. The van der Waals surface area contributed by atoms with Crippen molar-refractivity contribution in [3.8, 4) is 5.95 Å². The van der Waals surface area contributed by atoms with E-state index in [1.165, 1.54) is 17.1 Å². The molecule has 1 unspecified atom stereocenters. The number of carbonyl (C=O) groups is 1. The van der Waals surface area contributed by atoms with Crippen molar-refractivity contribution in [2.24, 2.45) is 0 Å². The number of sulfonamides is 1. The normalized spacial score (nSPS) is 14.8. The van der Waals surface area contributed by atoms with Gasteiger partial charge in [-0.3, -0.25) is 0 Å². The van der Waals surface area contributed by atoms with Gasteiger partial charge < -0.3 is 10.6 Å². The quantitative estimate of drug-likeness (QED) is 0.505. The molecule has 4 rings (SSSR count). The van der Waals surface area contributed by atoms with E-state index in [0.29, 0.717) is 23.0 Å². The van der Waals surface area contributed by atoms with Crippen LogP contribution >= 0.6 is 0 Å². The molecule has 1 aromatic carbocycles. The second-order valence-corrected chi connectivity index (χ2v) is 8.96. The van der Waals surface area contributed by atoms with E-state index in [9.17, 15) is 13.2 Å². The van der Waals surface area contributed by atoms with Gasteiger partial charge in [0.15, 0.2) is 5.82 Å². The number of carbonyl (C=O) groups excluding carboxylic acids is 1. The Morgan fingerprint density at radius 2 is 1.94 bits per heavy atom. The van der Waals surface area contributed by atoms with Gasteiger partial charge in [-0.05, 0) is 50.5 Å². The Labute approximate surface area is 179 Å². The topological polar surface area (TPSA) is 144 Å². The third kappa shape index (κ3) is 4.86. The van der Waals surface area contributed by atoms with Crippen LogP contribution in [-0.2, 0) is 10.0 Å². The first kappa shape index (κ1) is 20.9. The summed E-state index contributed by atoms with van der Waals surface area (Å²) in [6, 6.07) is 5.40. The zero-order valence-electron chi connectivity index (χ0n) is 17.0. The Hall–Kier alpha value is -3.38. The maximum absolute atomic E-state index is 12.6. The highest BCUT2D eigenvalue weighted by atomic mass is 32.2. The Morgan fingerprint density at radius 1 is 1.19 bits per heavy atom. The summed E-state index contributed by atoms with van der Waals surface area (Å²) in [6.07, 6.45) is 6.20. The van der Waals surface area contributed by atoms with Crippen molar-refractivity contribution < 1.29 is 13.2 Å². The number of hydrogen-bond donors (Lipinski definition) is 3. The van der Waals surface area contributed by atoms with E-state index < -0.39 is 22.1 Å². The van der Waals surface area contributed by atoms with Gasteiger partial charge in [0.2, 0.25) is 10.0 Å². The van der Waals surface area contributed by atoms with Crippen molar-refractivity contribution in [3.05, 3.63) is 54.4 Å². The first-order chi connectivity index (χ1) is 14.8. The van der Waals surface area contributed by atoms with E-state index in [1.807, 2.05) is 0 Å². The van der Waals surface area contributed by atoms with E-state index >= 15 is 0 Å². The monoisotopic (exact) mass is 442 g/mol. The van der Waals surface area contributed by atoms with Crippen LogP contribution in [0.15, 0.2) is 47.9 Å². The first-order valence-corrected chi connectivity index (χ1v) is 11.2. The minimum atomic E-state index is -3.64. The second-order valence-electron chi connectivity index (χ2n) is 7.27. The van der Waals surface area contributed by atoms with Crippen LogP contribution < -0.4 is 15.4 Å². The number of rotatable bonds is 7. The van der Waals surface area contributed by atoms with Crippen LogP contribution in [-0.4, -0.2) is 45.2 Å². The molecule has 12 heteroatoms. The lowest BCUT2D eigenvalue weighted by atomic mass is 10.2. The number of hydrogen-bond acceptors (Lipinski definition) is 7. The van der Waals surface area contributed by atoms with Crippen molar-refractivity contribution >= 4 is 21.7 Å². The molecule has 0 spiro atoms. The summed E-state index contributed by atoms with van der Waals surface area (Å²) in [5.41, 5.74) is 0.961. The lowest BCUT2D eigenvalue weighted by molar-refractivity contribution is 0.248. The highest BCUT2D eigenvalue weighted by Gasteiger charge is 2.29. The Balaban J connectivity index is 1.46. The number of aromatic nitrogens is 5. The number of nitrogens with zero attached hydrogens (tertiary/aromatic N) is 5. The molecule has 3 N–H and O–H groups in total. The molecule has 2 heterocycles. The molecule has 31 heavy (non-hydrogen) atoms. The Bertz CT molecular complexity index is 1190. The Morgan fingerprint density at radius 3 is 2.65 bits per heavy atom. The molecule has 0 saturated heterocycles. The minimum Gasteiger partial charge on any atom is -0.328 e. The molecule has 2 aromatic heterocycles. The van der Waals surface area contributed by atoms with Crippen molar-refractivity contribution in [3.63, 3.8) is 0 Å². The molecular formula is C19H22N8O3S. The third-order valence-electron chi connectivity index (χ3n) is 4.69. The van der Waals surface area contributed by atoms with E-state index in [1.54, 1.807) is 44.4 Å². The summed E-state index contributed by atoms with van der Waals surface area (Å²) in [5.74, 6) is 0.780. The van der Waals surface area contributed by atoms with E-state index in [2.05, 4.69) is 35.4 Å². The second kappa shape index (κ2) is 8.40. The van der Waals surface area contributed by atoms with Gasteiger partial charge in [0.05, 0.1) is 10.9 Å². The van der Waals surface area contributed by atoms with Gasteiger partial charge in [0.25, 0.3) is 5.95 Å². The molecule has 2 amide bonds. The van der Waals surface area contributed by atoms with Gasteiger partial charge >= 0.3 is 6.03 Å². The fraction of sp³-hybridized carbons (Fsp3) is 0.316. The molecule has 0 bridgehead atoms. The van der Waals surface area contributed by atoms with Crippen LogP contribution in [0.2, 0.25) is 0 Å². The van der Waals surface area contributed by atoms with Gasteiger partial charge in [-0.1, -0.05) is 6.07 Å². The molecule has 1 atom stereocenters. The molecule has 3 aromatic rings. The highest BCUT2D eigenvalue weighted by molar-refractivity contribution is 7.89. The SMILES string of the molecule is Cc1ccc(NC(=O)NC(C)c2ncnn2-c2ncccn2)cc1S(=O)(=O)NC1CC1. The predicted octanol–water partition coefficient (Wildman–Crippen LogP) is 1.69. The lowest BCUT2D eigenvalue weighted by Gasteiger charge is -2.15.